The van der Waals surface area contributed by atoms with E-state index < -0.39 is 15.8 Å². The van der Waals surface area contributed by atoms with Crippen molar-refractivity contribution < 1.29 is 17.5 Å². The third kappa shape index (κ3) is 6.19. The maximum absolute atomic E-state index is 13.5. The van der Waals surface area contributed by atoms with Crippen molar-refractivity contribution in [3.63, 3.8) is 0 Å². The molecule has 8 nitrogen and oxygen atoms in total. The molecular formula is C27H33FN4O4S. The Bertz CT molecular complexity index is 1340. The molecule has 0 radical (unpaired) electrons. The summed E-state index contributed by atoms with van der Waals surface area (Å²) < 4.78 is 48.3. The van der Waals surface area contributed by atoms with Crippen LogP contribution in [0.1, 0.15) is 39.5 Å². The van der Waals surface area contributed by atoms with Crippen LogP contribution in [0.3, 0.4) is 0 Å². The van der Waals surface area contributed by atoms with Gasteiger partial charge in [0.25, 0.3) is 0 Å². The second-order valence-electron chi connectivity index (χ2n) is 9.18. The fraction of sp³-hybridized carbons (Fsp3) is 0.407. The third-order valence-electron chi connectivity index (χ3n) is 6.48. The zero-order valence-corrected chi connectivity index (χ0v) is 22.0. The fourth-order valence-corrected chi connectivity index (χ4v) is 5.81. The van der Waals surface area contributed by atoms with Crippen molar-refractivity contribution in [2.24, 2.45) is 0 Å². The number of benzene rings is 2. The van der Waals surface area contributed by atoms with Crippen molar-refractivity contribution in [2.45, 2.75) is 50.5 Å². The van der Waals surface area contributed by atoms with Gasteiger partial charge >= 0.3 is 5.56 Å². The summed E-state index contributed by atoms with van der Waals surface area (Å²) in [6.45, 7) is 5.25. The summed E-state index contributed by atoms with van der Waals surface area (Å²) in [5.74, 6) is -0.268. The zero-order valence-electron chi connectivity index (χ0n) is 21.2. The number of hydrogen-bond acceptors (Lipinski definition) is 6. The number of anilines is 1. The van der Waals surface area contributed by atoms with Gasteiger partial charge in [-0.05, 0) is 56.2 Å². The van der Waals surface area contributed by atoms with Crippen LogP contribution in [-0.4, -0.2) is 54.8 Å². The number of halogens is 1. The molecule has 0 spiro atoms. The minimum absolute atomic E-state index is 0.0550. The number of ether oxygens (including phenoxy) is 1. The Hall–Kier alpha value is -3.24. The average molecular weight is 529 g/mol. The zero-order chi connectivity index (χ0) is 26.4. The monoisotopic (exact) mass is 528 g/mol. The molecule has 1 saturated heterocycles. The van der Waals surface area contributed by atoms with Crippen molar-refractivity contribution in [2.75, 3.05) is 31.1 Å². The van der Waals surface area contributed by atoms with Crippen LogP contribution in [0.5, 0.6) is 5.75 Å². The lowest BCUT2D eigenvalue weighted by Crippen LogP contribution is -2.49. The van der Waals surface area contributed by atoms with E-state index >= 15 is 0 Å². The number of sulfonamides is 1. The molecule has 198 valence electrons. The lowest BCUT2D eigenvalue weighted by Gasteiger charge is -2.36. The van der Waals surface area contributed by atoms with E-state index in [-0.39, 0.29) is 35.4 Å². The van der Waals surface area contributed by atoms with Crippen molar-refractivity contribution in [3.8, 4) is 11.4 Å². The topological polar surface area (TPSA) is 84.7 Å². The van der Waals surface area contributed by atoms with Gasteiger partial charge in [-0.2, -0.15) is 14.1 Å². The minimum Gasteiger partial charge on any atom is -0.483 e. The molecule has 1 aromatic heterocycles. The standard InChI is InChI=1S/C27H33FN4O4S/c1-3-4-6-9-21(2)36-26-25(20-29-32(27(26)33)23-10-7-5-8-11-23)30-16-18-31(19-17-30)37(34,35)24-14-12-22(28)13-15-24/h5,7-8,10-15,20-21H,3-4,6,9,16-19H2,1-2H3. The average Bonchev–Trinajstić information content (AvgIpc) is 2.91. The first-order valence-corrected chi connectivity index (χ1v) is 14.1. The van der Waals surface area contributed by atoms with Crippen LogP contribution >= 0.6 is 0 Å². The number of aromatic nitrogens is 2. The highest BCUT2D eigenvalue weighted by Gasteiger charge is 2.30. The van der Waals surface area contributed by atoms with E-state index in [1.54, 1.807) is 6.20 Å². The quantitative estimate of drug-likeness (QED) is 0.366. The van der Waals surface area contributed by atoms with Crippen molar-refractivity contribution in [1.29, 1.82) is 0 Å². The van der Waals surface area contributed by atoms with Gasteiger partial charge in [0.15, 0.2) is 0 Å². The Morgan fingerprint density at radius 3 is 2.32 bits per heavy atom. The molecule has 1 unspecified atom stereocenters. The van der Waals surface area contributed by atoms with Gasteiger partial charge in [0.1, 0.15) is 11.5 Å². The number of piperazine rings is 1. The molecule has 37 heavy (non-hydrogen) atoms. The smallest absolute Gasteiger partial charge is 0.316 e. The van der Waals surface area contributed by atoms with E-state index in [4.69, 9.17) is 4.74 Å². The molecule has 2 heterocycles. The van der Waals surface area contributed by atoms with Crippen LogP contribution in [0.15, 0.2) is 70.5 Å². The summed E-state index contributed by atoms with van der Waals surface area (Å²) in [5, 5.41) is 4.41. The largest absolute Gasteiger partial charge is 0.483 e. The highest BCUT2D eigenvalue weighted by Crippen LogP contribution is 2.28. The maximum atomic E-state index is 13.5. The van der Waals surface area contributed by atoms with Crippen LogP contribution < -0.4 is 15.2 Å². The Labute approximate surface area is 217 Å². The summed E-state index contributed by atoms with van der Waals surface area (Å²) in [5.41, 5.74) is 0.837. The minimum atomic E-state index is -3.75. The normalized spacial score (nSPS) is 15.5. The van der Waals surface area contributed by atoms with Gasteiger partial charge in [0.2, 0.25) is 15.8 Å². The summed E-state index contributed by atoms with van der Waals surface area (Å²) >= 11 is 0. The second kappa shape index (κ2) is 11.9. The Morgan fingerprint density at radius 2 is 1.68 bits per heavy atom. The molecular weight excluding hydrogens is 495 g/mol. The van der Waals surface area contributed by atoms with Gasteiger partial charge in [0.05, 0.1) is 22.9 Å². The molecule has 0 N–H and O–H groups in total. The van der Waals surface area contributed by atoms with Crippen LogP contribution in [0, 0.1) is 5.82 Å². The van der Waals surface area contributed by atoms with Gasteiger partial charge in [-0.15, -0.1) is 0 Å². The molecule has 3 aromatic rings. The number of rotatable bonds is 10. The van der Waals surface area contributed by atoms with Crippen LogP contribution in [0.4, 0.5) is 10.1 Å². The number of para-hydroxylation sites is 1. The van der Waals surface area contributed by atoms with Crippen molar-refractivity contribution >= 4 is 15.7 Å². The molecule has 10 heteroatoms. The summed E-state index contributed by atoms with van der Waals surface area (Å²) in [6, 6.07) is 14.0. The molecule has 0 aliphatic carbocycles. The lowest BCUT2D eigenvalue weighted by molar-refractivity contribution is 0.202. The molecule has 0 amide bonds. The van der Waals surface area contributed by atoms with Crippen molar-refractivity contribution in [1.82, 2.24) is 14.1 Å². The predicted molar refractivity (Wildman–Crippen MR) is 141 cm³/mol. The highest BCUT2D eigenvalue weighted by molar-refractivity contribution is 7.89. The van der Waals surface area contributed by atoms with E-state index in [2.05, 4.69) is 12.0 Å². The van der Waals surface area contributed by atoms with Gasteiger partial charge in [-0.3, -0.25) is 4.79 Å². The van der Waals surface area contributed by atoms with Crippen molar-refractivity contribution in [3.05, 3.63) is 77.0 Å². The fourth-order valence-electron chi connectivity index (χ4n) is 4.39. The predicted octanol–water partition coefficient (Wildman–Crippen LogP) is 4.23. The lowest BCUT2D eigenvalue weighted by atomic mass is 10.1. The second-order valence-corrected chi connectivity index (χ2v) is 11.1. The number of nitrogens with zero attached hydrogens (tertiary/aromatic N) is 4. The molecule has 1 aliphatic rings. The summed E-state index contributed by atoms with van der Waals surface area (Å²) in [7, 11) is -3.75. The maximum Gasteiger partial charge on any atom is 0.316 e. The highest BCUT2D eigenvalue weighted by atomic mass is 32.2. The Kier molecular flexibility index (Phi) is 8.60. The van der Waals surface area contributed by atoms with Gasteiger partial charge in [-0.25, -0.2) is 12.8 Å². The van der Waals surface area contributed by atoms with E-state index in [0.717, 1.165) is 37.8 Å². The van der Waals surface area contributed by atoms with Crippen LogP contribution in [0.2, 0.25) is 0 Å². The first-order chi connectivity index (χ1) is 17.8. The summed E-state index contributed by atoms with van der Waals surface area (Å²) in [6.07, 6.45) is 5.47. The van der Waals surface area contributed by atoms with Gasteiger partial charge in [-0.1, -0.05) is 38.0 Å². The van der Waals surface area contributed by atoms with Gasteiger partial charge in [0, 0.05) is 26.2 Å². The summed E-state index contributed by atoms with van der Waals surface area (Å²) in [4.78, 5) is 15.5. The first kappa shape index (κ1) is 26.8. The van der Waals surface area contributed by atoms with Gasteiger partial charge < -0.3 is 9.64 Å². The molecule has 4 rings (SSSR count). The molecule has 1 aliphatic heterocycles. The third-order valence-corrected chi connectivity index (χ3v) is 8.39. The molecule has 0 saturated carbocycles. The number of unbranched alkanes of at least 4 members (excludes halogenated alkanes) is 2. The Balaban J connectivity index is 1.58. The first-order valence-electron chi connectivity index (χ1n) is 12.7. The molecule has 1 atom stereocenters. The molecule has 0 bridgehead atoms. The van der Waals surface area contributed by atoms with Crippen LogP contribution in [0.25, 0.3) is 5.69 Å². The Morgan fingerprint density at radius 1 is 1.00 bits per heavy atom. The van der Waals surface area contributed by atoms with E-state index in [1.165, 1.54) is 21.1 Å². The molecule has 1 fully saturated rings. The van der Waals surface area contributed by atoms with E-state index in [1.807, 2.05) is 42.2 Å². The molecule has 2 aromatic carbocycles. The SMILES string of the molecule is CCCCCC(C)Oc1c(N2CCN(S(=O)(=O)c3ccc(F)cc3)CC2)cnn(-c2ccccc2)c1=O. The number of hydrogen-bond donors (Lipinski definition) is 0. The van der Waals surface area contributed by atoms with E-state index in [9.17, 15) is 17.6 Å². The van der Waals surface area contributed by atoms with E-state index in [0.29, 0.717) is 24.5 Å². The van der Waals surface area contributed by atoms with Crippen LogP contribution in [-0.2, 0) is 10.0 Å².